The number of aromatic amines is 1. The predicted molar refractivity (Wildman–Crippen MR) is 77.7 cm³/mol. The van der Waals surface area contributed by atoms with Gasteiger partial charge in [-0.25, -0.2) is 18.1 Å². The van der Waals surface area contributed by atoms with E-state index in [2.05, 4.69) is 33.8 Å². The zero-order chi connectivity index (χ0) is 14.8. The summed E-state index contributed by atoms with van der Waals surface area (Å²) in [6.45, 7) is 6.11. The smallest absolute Gasteiger partial charge is 0.259 e. The summed E-state index contributed by atoms with van der Waals surface area (Å²) >= 11 is 0. The number of fused-ring (bicyclic) bond motifs is 1. The zero-order valence-corrected chi connectivity index (χ0v) is 12.7. The molecule has 0 aliphatic heterocycles. The Kier molecular flexibility index (Phi) is 4.39. The lowest BCUT2D eigenvalue weighted by molar-refractivity contribution is 0.484. The van der Waals surface area contributed by atoms with Crippen molar-refractivity contribution in [3.63, 3.8) is 0 Å². The molecule has 0 bridgehead atoms. The molecule has 0 radical (unpaired) electrons. The summed E-state index contributed by atoms with van der Waals surface area (Å²) in [5.74, 6) is 0.553. The Labute approximate surface area is 119 Å². The van der Waals surface area contributed by atoms with E-state index in [1.807, 2.05) is 6.92 Å². The number of hydrogen-bond donors (Lipinski definition) is 2. The van der Waals surface area contributed by atoms with Gasteiger partial charge in [0.1, 0.15) is 0 Å². The van der Waals surface area contributed by atoms with Crippen molar-refractivity contribution in [3.8, 4) is 0 Å². The Morgan fingerprint density at radius 3 is 2.75 bits per heavy atom. The highest BCUT2D eigenvalue weighted by Crippen LogP contribution is 2.18. The van der Waals surface area contributed by atoms with E-state index in [1.165, 1.54) is 0 Å². The van der Waals surface area contributed by atoms with Crippen LogP contribution in [-0.2, 0) is 10.0 Å². The second-order valence-electron chi connectivity index (χ2n) is 5.42. The fourth-order valence-electron chi connectivity index (χ4n) is 2.00. The first-order chi connectivity index (χ1) is 9.40. The number of sulfonamides is 1. The fourth-order valence-corrected chi connectivity index (χ4v) is 3.38. The van der Waals surface area contributed by atoms with Crippen molar-refractivity contribution in [1.82, 2.24) is 19.9 Å². The molecule has 20 heavy (non-hydrogen) atoms. The van der Waals surface area contributed by atoms with E-state index in [-0.39, 0.29) is 11.1 Å². The van der Waals surface area contributed by atoms with Crippen LogP contribution in [0.5, 0.6) is 0 Å². The normalized spacial score (nSPS) is 14.0. The quantitative estimate of drug-likeness (QED) is 0.854. The van der Waals surface area contributed by atoms with Gasteiger partial charge in [0.25, 0.3) is 10.0 Å². The lowest BCUT2D eigenvalue weighted by atomic mass is 10.1. The zero-order valence-electron chi connectivity index (χ0n) is 11.9. The van der Waals surface area contributed by atoms with Crippen molar-refractivity contribution >= 4 is 21.1 Å². The SMILES string of the molecule is CC(C)CC[C@H](C)NS(=O)(=O)c1n[nH]c2ncccc12. The van der Waals surface area contributed by atoms with Crippen molar-refractivity contribution in [2.45, 2.75) is 44.7 Å². The molecule has 0 aliphatic carbocycles. The minimum atomic E-state index is -3.62. The molecular weight excluding hydrogens is 276 g/mol. The summed E-state index contributed by atoms with van der Waals surface area (Å²) < 4.78 is 27.4. The van der Waals surface area contributed by atoms with E-state index in [0.29, 0.717) is 17.0 Å². The van der Waals surface area contributed by atoms with Crippen molar-refractivity contribution < 1.29 is 8.42 Å². The van der Waals surface area contributed by atoms with E-state index < -0.39 is 10.0 Å². The van der Waals surface area contributed by atoms with E-state index in [1.54, 1.807) is 18.3 Å². The van der Waals surface area contributed by atoms with Crippen molar-refractivity contribution in [1.29, 1.82) is 0 Å². The van der Waals surface area contributed by atoms with E-state index in [4.69, 9.17) is 0 Å². The van der Waals surface area contributed by atoms with Crippen LogP contribution < -0.4 is 4.72 Å². The molecule has 1 atom stereocenters. The molecule has 2 heterocycles. The molecule has 2 aromatic rings. The average Bonchev–Trinajstić information content (AvgIpc) is 2.80. The minimum absolute atomic E-state index is 0.0111. The first-order valence-electron chi connectivity index (χ1n) is 6.71. The van der Waals surface area contributed by atoms with Crippen molar-refractivity contribution in [2.75, 3.05) is 0 Å². The number of nitrogens with zero attached hydrogens (tertiary/aromatic N) is 2. The largest absolute Gasteiger partial charge is 0.260 e. The first-order valence-corrected chi connectivity index (χ1v) is 8.20. The molecule has 0 fully saturated rings. The Hall–Kier alpha value is -1.47. The maximum absolute atomic E-state index is 12.3. The highest BCUT2D eigenvalue weighted by Gasteiger charge is 2.23. The van der Waals surface area contributed by atoms with Crippen molar-refractivity contribution in [3.05, 3.63) is 18.3 Å². The van der Waals surface area contributed by atoms with Gasteiger partial charge < -0.3 is 0 Å². The fraction of sp³-hybridized carbons (Fsp3) is 0.538. The summed E-state index contributed by atoms with van der Waals surface area (Å²) in [6, 6.07) is 3.27. The molecule has 0 spiro atoms. The van der Waals surface area contributed by atoms with Gasteiger partial charge in [-0.3, -0.25) is 5.10 Å². The lowest BCUT2D eigenvalue weighted by Gasteiger charge is -2.14. The standard InChI is InChI=1S/C13H20N4O2S/c1-9(2)6-7-10(3)17-20(18,19)13-11-5-4-8-14-12(11)15-16-13/h4-5,8-10,17H,6-7H2,1-3H3,(H,14,15,16)/t10-/m0/s1. The highest BCUT2D eigenvalue weighted by molar-refractivity contribution is 7.89. The number of H-pyrrole nitrogens is 1. The number of aromatic nitrogens is 3. The van der Waals surface area contributed by atoms with Gasteiger partial charge in [-0.15, -0.1) is 0 Å². The van der Waals surface area contributed by atoms with Crippen LogP contribution in [0.15, 0.2) is 23.4 Å². The van der Waals surface area contributed by atoms with E-state index in [9.17, 15) is 8.42 Å². The van der Waals surface area contributed by atoms with Gasteiger partial charge in [0.2, 0.25) is 5.03 Å². The third-order valence-corrected chi connectivity index (χ3v) is 4.62. The highest BCUT2D eigenvalue weighted by atomic mass is 32.2. The molecule has 7 heteroatoms. The molecule has 0 aromatic carbocycles. The second kappa shape index (κ2) is 5.88. The van der Waals surface area contributed by atoms with Crippen LogP contribution >= 0.6 is 0 Å². The molecule has 0 saturated carbocycles. The Morgan fingerprint density at radius 1 is 1.30 bits per heavy atom. The predicted octanol–water partition coefficient (Wildman–Crippen LogP) is 2.06. The summed E-state index contributed by atoms with van der Waals surface area (Å²) in [7, 11) is -3.62. The molecule has 2 N–H and O–H groups in total. The molecule has 0 aliphatic rings. The van der Waals surface area contributed by atoms with Gasteiger partial charge in [0, 0.05) is 12.2 Å². The van der Waals surface area contributed by atoms with Gasteiger partial charge in [-0.05, 0) is 37.8 Å². The van der Waals surface area contributed by atoms with Crippen LogP contribution in [0.25, 0.3) is 11.0 Å². The summed E-state index contributed by atoms with van der Waals surface area (Å²) in [5.41, 5.74) is 0.475. The third kappa shape index (κ3) is 3.34. The molecule has 2 rings (SSSR count). The van der Waals surface area contributed by atoms with Crippen LogP contribution in [-0.4, -0.2) is 29.6 Å². The van der Waals surface area contributed by atoms with E-state index >= 15 is 0 Å². The van der Waals surface area contributed by atoms with Gasteiger partial charge in [0.15, 0.2) is 5.65 Å². The van der Waals surface area contributed by atoms with Gasteiger partial charge >= 0.3 is 0 Å². The lowest BCUT2D eigenvalue weighted by Crippen LogP contribution is -2.33. The summed E-state index contributed by atoms with van der Waals surface area (Å²) in [4.78, 5) is 4.04. The Morgan fingerprint density at radius 2 is 2.05 bits per heavy atom. The third-order valence-electron chi connectivity index (χ3n) is 3.09. The number of pyridine rings is 1. The molecule has 0 saturated heterocycles. The summed E-state index contributed by atoms with van der Waals surface area (Å²) in [5, 5.41) is 7.04. The van der Waals surface area contributed by atoms with Crippen LogP contribution in [0.2, 0.25) is 0 Å². The van der Waals surface area contributed by atoms with Gasteiger partial charge in [-0.2, -0.15) is 5.10 Å². The maximum Gasteiger partial charge on any atom is 0.260 e. The molecule has 6 nitrogen and oxygen atoms in total. The van der Waals surface area contributed by atoms with Gasteiger partial charge in [0.05, 0.1) is 5.39 Å². The summed E-state index contributed by atoms with van der Waals surface area (Å²) in [6.07, 6.45) is 3.37. The molecule has 110 valence electrons. The first kappa shape index (κ1) is 14.9. The number of rotatable bonds is 6. The average molecular weight is 296 g/mol. The number of hydrogen-bond acceptors (Lipinski definition) is 4. The minimum Gasteiger partial charge on any atom is -0.259 e. The van der Waals surface area contributed by atoms with Crippen LogP contribution in [0.4, 0.5) is 0 Å². The van der Waals surface area contributed by atoms with E-state index in [0.717, 1.165) is 12.8 Å². The molecule has 0 amide bonds. The Balaban J connectivity index is 2.18. The topological polar surface area (TPSA) is 87.7 Å². The monoisotopic (exact) mass is 296 g/mol. The molecule has 0 unspecified atom stereocenters. The van der Waals surface area contributed by atoms with Crippen LogP contribution in [0, 0.1) is 5.92 Å². The Bertz CT molecular complexity index is 678. The molecular formula is C13H20N4O2S. The van der Waals surface area contributed by atoms with Crippen LogP contribution in [0.3, 0.4) is 0 Å². The molecule has 2 aromatic heterocycles. The number of nitrogens with one attached hydrogen (secondary N) is 2. The van der Waals surface area contributed by atoms with Crippen molar-refractivity contribution in [2.24, 2.45) is 5.92 Å². The van der Waals surface area contributed by atoms with Gasteiger partial charge in [-0.1, -0.05) is 13.8 Å². The second-order valence-corrected chi connectivity index (χ2v) is 7.05. The van der Waals surface area contributed by atoms with Crippen LogP contribution in [0.1, 0.15) is 33.6 Å². The maximum atomic E-state index is 12.3.